The van der Waals surface area contributed by atoms with Gasteiger partial charge >= 0.3 is 0 Å². The van der Waals surface area contributed by atoms with Crippen LogP contribution < -0.4 is 10.0 Å². The Morgan fingerprint density at radius 1 is 1.10 bits per heavy atom. The zero-order valence-electron chi connectivity index (χ0n) is 16.7. The Morgan fingerprint density at radius 3 is 2.38 bits per heavy atom. The molecule has 0 aliphatic carbocycles. The summed E-state index contributed by atoms with van der Waals surface area (Å²) in [6, 6.07) is 8.33. The second-order valence-corrected chi connectivity index (χ2v) is 9.10. The van der Waals surface area contributed by atoms with Crippen LogP contribution in [0, 0.1) is 13.8 Å². The molecule has 0 bridgehead atoms. The number of hydrogen-bond acceptors (Lipinski definition) is 5. The van der Waals surface area contributed by atoms with Gasteiger partial charge in [0.05, 0.1) is 11.9 Å². The van der Waals surface area contributed by atoms with E-state index in [1.807, 2.05) is 0 Å². The van der Waals surface area contributed by atoms with Crippen LogP contribution >= 0.6 is 0 Å². The Labute approximate surface area is 170 Å². The molecule has 1 aliphatic rings. The highest BCUT2D eigenvalue weighted by molar-refractivity contribution is 7.92. The first kappa shape index (κ1) is 20.9. The zero-order valence-corrected chi connectivity index (χ0v) is 17.5. The number of rotatable bonds is 5. The second kappa shape index (κ2) is 8.28. The molecule has 2 heterocycles. The van der Waals surface area contributed by atoms with E-state index in [-0.39, 0.29) is 23.6 Å². The van der Waals surface area contributed by atoms with E-state index in [0.717, 1.165) is 11.8 Å². The maximum absolute atomic E-state index is 12.8. The van der Waals surface area contributed by atoms with Crippen molar-refractivity contribution in [3.05, 3.63) is 53.0 Å². The van der Waals surface area contributed by atoms with Gasteiger partial charge in [0.25, 0.3) is 11.8 Å². The fourth-order valence-corrected chi connectivity index (χ4v) is 3.91. The Morgan fingerprint density at radius 2 is 1.79 bits per heavy atom. The van der Waals surface area contributed by atoms with E-state index in [0.29, 0.717) is 42.9 Å². The summed E-state index contributed by atoms with van der Waals surface area (Å²) in [5.41, 5.74) is 1.56. The fraction of sp³-hybridized carbons (Fsp3) is 0.400. The molecule has 2 N–H and O–H groups in total. The quantitative estimate of drug-likeness (QED) is 0.773. The van der Waals surface area contributed by atoms with Crippen molar-refractivity contribution in [2.45, 2.75) is 32.7 Å². The molecule has 0 saturated carbocycles. The molecule has 2 aromatic rings. The van der Waals surface area contributed by atoms with Crippen LogP contribution in [-0.2, 0) is 10.0 Å². The van der Waals surface area contributed by atoms with Gasteiger partial charge < -0.3 is 14.6 Å². The lowest BCUT2D eigenvalue weighted by molar-refractivity contribution is 0.0695. The van der Waals surface area contributed by atoms with Crippen molar-refractivity contribution in [2.75, 3.05) is 24.1 Å². The number of anilines is 1. The predicted molar refractivity (Wildman–Crippen MR) is 109 cm³/mol. The number of piperidine rings is 1. The van der Waals surface area contributed by atoms with Gasteiger partial charge in [0.2, 0.25) is 10.0 Å². The Balaban J connectivity index is 1.60. The molecule has 9 heteroatoms. The predicted octanol–water partition coefficient (Wildman–Crippen LogP) is 2.30. The van der Waals surface area contributed by atoms with Crippen LogP contribution in [0.15, 0.2) is 34.7 Å². The average molecular weight is 420 g/mol. The Bertz CT molecular complexity index is 1020. The van der Waals surface area contributed by atoms with Crippen LogP contribution in [0.4, 0.5) is 5.69 Å². The van der Waals surface area contributed by atoms with Crippen molar-refractivity contribution in [3.8, 4) is 0 Å². The number of amides is 2. The molecule has 156 valence electrons. The molecule has 2 amide bonds. The van der Waals surface area contributed by atoms with Crippen LogP contribution in [0.25, 0.3) is 0 Å². The topological polar surface area (TPSA) is 109 Å². The van der Waals surface area contributed by atoms with Gasteiger partial charge in [-0.15, -0.1) is 0 Å². The Hall–Kier alpha value is -2.81. The number of nitrogens with one attached hydrogen (secondary N) is 2. The molecule has 0 spiro atoms. The number of nitrogens with zero attached hydrogens (tertiary/aromatic N) is 1. The monoisotopic (exact) mass is 419 g/mol. The maximum atomic E-state index is 12.8. The first-order valence-corrected chi connectivity index (χ1v) is 11.3. The normalized spacial score (nSPS) is 15.2. The largest absolute Gasteiger partial charge is 0.456 e. The molecule has 8 nitrogen and oxygen atoms in total. The van der Waals surface area contributed by atoms with Gasteiger partial charge in [0.15, 0.2) is 5.76 Å². The van der Waals surface area contributed by atoms with Crippen molar-refractivity contribution in [2.24, 2.45) is 0 Å². The first-order valence-electron chi connectivity index (χ1n) is 9.37. The third-order valence-electron chi connectivity index (χ3n) is 4.86. The minimum Gasteiger partial charge on any atom is -0.456 e. The number of benzene rings is 1. The molecular weight excluding hydrogens is 394 g/mol. The molecule has 1 aliphatic heterocycles. The van der Waals surface area contributed by atoms with E-state index >= 15 is 0 Å². The lowest BCUT2D eigenvalue weighted by Gasteiger charge is -2.32. The van der Waals surface area contributed by atoms with E-state index in [2.05, 4.69) is 10.0 Å². The molecule has 1 aromatic carbocycles. The number of hydrogen-bond donors (Lipinski definition) is 2. The zero-order chi connectivity index (χ0) is 21.2. The number of furan rings is 1. The molecule has 29 heavy (non-hydrogen) atoms. The second-order valence-electron chi connectivity index (χ2n) is 7.35. The van der Waals surface area contributed by atoms with Crippen molar-refractivity contribution < 1.29 is 22.4 Å². The van der Waals surface area contributed by atoms with Gasteiger partial charge in [-0.3, -0.25) is 14.3 Å². The van der Waals surface area contributed by atoms with Crippen molar-refractivity contribution in [1.29, 1.82) is 0 Å². The summed E-state index contributed by atoms with van der Waals surface area (Å²) in [5, 5.41) is 2.94. The van der Waals surface area contributed by atoms with Crippen LogP contribution in [0.2, 0.25) is 0 Å². The van der Waals surface area contributed by atoms with Gasteiger partial charge in [-0.2, -0.15) is 0 Å². The van der Waals surface area contributed by atoms with Gasteiger partial charge in [0, 0.05) is 24.7 Å². The van der Waals surface area contributed by atoms with Crippen LogP contribution in [0.5, 0.6) is 0 Å². The molecule has 1 saturated heterocycles. The third kappa shape index (κ3) is 5.38. The van der Waals surface area contributed by atoms with E-state index < -0.39 is 10.0 Å². The highest BCUT2D eigenvalue weighted by Crippen LogP contribution is 2.21. The number of likely N-dealkylation sites (tertiary alicyclic amines) is 1. The minimum atomic E-state index is -3.43. The molecule has 0 atom stereocenters. The van der Waals surface area contributed by atoms with E-state index in [1.54, 1.807) is 49.1 Å². The van der Waals surface area contributed by atoms with Gasteiger partial charge in [-0.05, 0) is 56.5 Å². The maximum Gasteiger partial charge on any atom is 0.287 e. The van der Waals surface area contributed by atoms with Crippen molar-refractivity contribution in [3.63, 3.8) is 0 Å². The van der Waals surface area contributed by atoms with Crippen LogP contribution in [-0.4, -0.2) is 50.5 Å². The molecule has 0 radical (unpaired) electrons. The van der Waals surface area contributed by atoms with Crippen LogP contribution in [0.1, 0.15) is 45.1 Å². The highest BCUT2D eigenvalue weighted by Gasteiger charge is 2.26. The first-order chi connectivity index (χ1) is 13.6. The lowest BCUT2D eigenvalue weighted by atomic mass is 10.0. The molecule has 3 rings (SSSR count). The van der Waals surface area contributed by atoms with Gasteiger partial charge in [-0.1, -0.05) is 6.07 Å². The van der Waals surface area contributed by atoms with Crippen molar-refractivity contribution in [1.82, 2.24) is 10.2 Å². The van der Waals surface area contributed by atoms with E-state index in [9.17, 15) is 18.0 Å². The number of sulfonamides is 1. The van der Waals surface area contributed by atoms with Gasteiger partial charge in [-0.25, -0.2) is 8.42 Å². The summed E-state index contributed by atoms with van der Waals surface area (Å²) >= 11 is 0. The summed E-state index contributed by atoms with van der Waals surface area (Å²) in [4.78, 5) is 26.8. The number of carbonyl (C=O) groups is 2. The number of aryl methyl sites for hydroxylation is 2. The summed E-state index contributed by atoms with van der Waals surface area (Å²) in [6.45, 7) is 4.56. The summed E-state index contributed by atoms with van der Waals surface area (Å²) < 4.78 is 30.8. The van der Waals surface area contributed by atoms with Gasteiger partial charge in [0.1, 0.15) is 5.76 Å². The average Bonchev–Trinajstić information content (AvgIpc) is 3.09. The Kier molecular flexibility index (Phi) is 5.97. The SMILES string of the molecule is Cc1ccc(C(=O)NC2CCN(C(=O)c3ccc(C)c(NS(C)(=O)=O)c3)CC2)o1. The molecule has 1 aromatic heterocycles. The molecule has 0 unspecified atom stereocenters. The standard InChI is InChI=1S/C20H25N3O5S/c1-13-4-6-15(12-17(13)22-29(3,26)27)20(25)23-10-8-16(9-11-23)21-19(24)18-7-5-14(2)28-18/h4-7,12,16,22H,8-11H2,1-3H3,(H,21,24). The summed E-state index contributed by atoms with van der Waals surface area (Å²) in [7, 11) is -3.43. The highest BCUT2D eigenvalue weighted by atomic mass is 32.2. The fourth-order valence-electron chi connectivity index (χ4n) is 3.29. The summed E-state index contributed by atoms with van der Waals surface area (Å²) in [6.07, 6.45) is 2.35. The molecular formula is C20H25N3O5S. The van der Waals surface area contributed by atoms with E-state index in [4.69, 9.17) is 4.42 Å². The smallest absolute Gasteiger partial charge is 0.287 e. The van der Waals surface area contributed by atoms with E-state index in [1.165, 1.54) is 0 Å². The molecule has 1 fully saturated rings. The summed E-state index contributed by atoms with van der Waals surface area (Å²) in [5.74, 6) is 0.552. The number of carbonyl (C=O) groups excluding carboxylic acids is 2. The minimum absolute atomic E-state index is 0.0302. The van der Waals surface area contributed by atoms with Crippen molar-refractivity contribution >= 4 is 27.5 Å². The van der Waals surface area contributed by atoms with Crippen LogP contribution in [0.3, 0.4) is 0 Å². The lowest BCUT2D eigenvalue weighted by Crippen LogP contribution is -2.46. The third-order valence-corrected chi connectivity index (χ3v) is 5.45.